The van der Waals surface area contributed by atoms with Crippen molar-refractivity contribution in [2.24, 2.45) is 0 Å². The molecule has 0 bridgehead atoms. The molecule has 0 radical (unpaired) electrons. The summed E-state index contributed by atoms with van der Waals surface area (Å²) in [6, 6.07) is 18.4. The van der Waals surface area contributed by atoms with Gasteiger partial charge in [-0.3, -0.25) is 0 Å². The van der Waals surface area contributed by atoms with Crippen molar-refractivity contribution in [2.75, 3.05) is 40.0 Å². The Hall–Kier alpha value is -1.59. The predicted molar refractivity (Wildman–Crippen MR) is 101 cm³/mol. The molecule has 136 valence electrons. The smallest absolute Gasteiger partial charge is 0.119 e. The van der Waals surface area contributed by atoms with Crippen LogP contribution in [0.3, 0.4) is 0 Å². The molecule has 25 heavy (non-hydrogen) atoms. The fourth-order valence-corrected chi connectivity index (χ4v) is 2.39. The Morgan fingerprint density at radius 3 is 2.20 bits per heavy atom. The van der Waals surface area contributed by atoms with E-state index in [2.05, 4.69) is 24.3 Å². The van der Waals surface area contributed by atoms with Crippen LogP contribution in [0.25, 0.3) is 0 Å². The minimum Gasteiger partial charge on any atom is -0.489 e. The zero-order valence-corrected chi connectivity index (χ0v) is 15.5. The van der Waals surface area contributed by atoms with Gasteiger partial charge in [0.15, 0.2) is 0 Å². The first kappa shape index (κ1) is 19.7. The van der Waals surface area contributed by atoms with E-state index in [4.69, 9.17) is 26.0 Å². The number of ether oxygens (including phenoxy) is 3. The number of halogens is 1. The predicted octanol–water partition coefficient (Wildman–Crippen LogP) is 3.93. The van der Waals surface area contributed by atoms with E-state index in [1.54, 1.807) is 11.5 Å². The zero-order chi connectivity index (χ0) is 17.7. The van der Waals surface area contributed by atoms with Crippen LogP contribution in [0.4, 0.5) is 0 Å². The average Bonchev–Trinajstić information content (AvgIpc) is 2.67. The number of rotatable bonds is 6. The lowest BCUT2D eigenvalue weighted by molar-refractivity contribution is 0.0742. The van der Waals surface area contributed by atoms with E-state index in [0.717, 1.165) is 45.1 Å². The van der Waals surface area contributed by atoms with Crippen LogP contribution in [0.1, 0.15) is 11.1 Å². The number of nitrogens with zero attached hydrogens (tertiary/aromatic N) is 1. The Bertz CT molecular complexity index is 571. The molecule has 2 aromatic rings. The molecule has 1 aliphatic rings. The molecule has 0 unspecified atom stereocenters. The van der Waals surface area contributed by atoms with Crippen molar-refractivity contribution in [1.82, 2.24) is 4.42 Å². The molecule has 1 saturated heterocycles. The maximum atomic E-state index is 5.72. The van der Waals surface area contributed by atoms with Crippen LogP contribution in [0.5, 0.6) is 5.75 Å². The monoisotopic (exact) mass is 363 g/mol. The van der Waals surface area contributed by atoms with Gasteiger partial charge < -0.3 is 14.2 Å². The van der Waals surface area contributed by atoms with Crippen molar-refractivity contribution in [3.05, 3.63) is 65.7 Å². The second-order valence-corrected chi connectivity index (χ2v) is 6.16. The summed E-state index contributed by atoms with van der Waals surface area (Å²) in [6.45, 7) is 4.65. The normalized spacial score (nSPS) is 14.5. The lowest BCUT2D eigenvalue weighted by Crippen LogP contribution is -2.28. The standard InChI is InChI=1S/C16H18O2.C4H8ClNO/c1-17-12-11-14-7-9-16(10-8-14)18-13-15-5-3-2-4-6-15;5-6-1-3-7-4-2-6/h2-10H,11-13H2,1H3;1-4H2. The fraction of sp³-hybridized carbons (Fsp3) is 0.400. The first-order valence-corrected chi connectivity index (χ1v) is 8.85. The third kappa shape index (κ3) is 8.36. The molecule has 0 aliphatic carbocycles. The third-order valence-electron chi connectivity index (χ3n) is 3.72. The summed E-state index contributed by atoms with van der Waals surface area (Å²) in [4.78, 5) is 0. The van der Waals surface area contributed by atoms with Crippen LogP contribution in [0.15, 0.2) is 54.6 Å². The van der Waals surface area contributed by atoms with E-state index in [0.29, 0.717) is 6.61 Å². The van der Waals surface area contributed by atoms with Crippen molar-refractivity contribution in [2.45, 2.75) is 13.0 Å². The number of hydrogen-bond donors (Lipinski definition) is 0. The van der Waals surface area contributed by atoms with Crippen LogP contribution in [0, 0.1) is 0 Å². The SMILES string of the molecule is COCCc1ccc(OCc2ccccc2)cc1.ClN1CCOCC1. The van der Waals surface area contributed by atoms with Crippen LogP contribution in [-0.4, -0.2) is 44.4 Å². The lowest BCUT2D eigenvalue weighted by atomic mass is 10.1. The van der Waals surface area contributed by atoms with Crippen molar-refractivity contribution in [3.8, 4) is 5.75 Å². The van der Waals surface area contributed by atoms with Gasteiger partial charge in [-0.1, -0.05) is 42.5 Å². The summed E-state index contributed by atoms with van der Waals surface area (Å²) >= 11 is 5.57. The fourth-order valence-electron chi connectivity index (χ4n) is 2.25. The second kappa shape index (κ2) is 11.9. The minimum atomic E-state index is 0.609. The summed E-state index contributed by atoms with van der Waals surface area (Å²) in [5.41, 5.74) is 2.45. The molecule has 4 nitrogen and oxygen atoms in total. The number of hydrogen-bond acceptors (Lipinski definition) is 4. The molecule has 0 atom stereocenters. The molecule has 0 aromatic heterocycles. The van der Waals surface area contributed by atoms with Crippen molar-refractivity contribution in [1.29, 1.82) is 0 Å². The van der Waals surface area contributed by atoms with E-state index in [1.807, 2.05) is 30.3 Å². The highest BCUT2D eigenvalue weighted by molar-refractivity contribution is 6.13. The molecule has 3 rings (SSSR count). The molecule has 0 spiro atoms. The summed E-state index contributed by atoms with van der Waals surface area (Å²) < 4.78 is 17.5. The van der Waals surface area contributed by atoms with E-state index < -0.39 is 0 Å². The van der Waals surface area contributed by atoms with E-state index in [-0.39, 0.29) is 0 Å². The number of benzene rings is 2. The summed E-state index contributed by atoms with van der Waals surface area (Å²) in [7, 11) is 1.72. The maximum absolute atomic E-state index is 5.72. The van der Waals surface area contributed by atoms with Crippen LogP contribution >= 0.6 is 11.8 Å². The van der Waals surface area contributed by atoms with Gasteiger partial charge in [0.1, 0.15) is 12.4 Å². The van der Waals surface area contributed by atoms with Gasteiger partial charge in [0.05, 0.1) is 19.8 Å². The van der Waals surface area contributed by atoms with Gasteiger partial charge in [-0.15, -0.1) is 0 Å². The first-order chi connectivity index (χ1) is 12.3. The Balaban J connectivity index is 0.000000269. The Morgan fingerprint density at radius 2 is 1.64 bits per heavy atom. The maximum Gasteiger partial charge on any atom is 0.119 e. The molecule has 0 amide bonds. The molecule has 1 fully saturated rings. The van der Waals surface area contributed by atoms with E-state index in [1.165, 1.54) is 11.1 Å². The molecule has 0 N–H and O–H groups in total. The van der Waals surface area contributed by atoms with Crippen molar-refractivity contribution >= 4 is 11.8 Å². The van der Waals surface area contributed by atoms with Crippen molar-refractivity contribution in [3.63, 3.8) is 0 Å². The quantitative estimate of drug-likeness (QED) is 0.728. The Labute approximate surface area is 155 Å². The van der Waals surface area contributed by atoms with Gasteiger partial charge >= 0.3 is 0 Å². The van der Waals surface area contributed by atoms with Gasteiger partial charge in [0.25, 0.3) is 0 Å². The van der Waals surface area contributed by atoms with Gasteiger partial charge in [0, 0.05) is 20.2 Å². The summed E-state index contributed by atoms with van der Waals surface area (Å²) in [6.07, 6.45) is 0.940. The van der Waals surface area contributed by atoms with Gasteiger partial charge in [-0.05, 0) is 41.5 Å². The Kier molecular flexibility index (Phi) is 9.37. The zero-order valence-electron chi connectivity index (χ0n) is 14.7. The largest absolute Gasteiger partial charge is 0.489 e. The minimum absolute atomic E-state index is 0.609. The number of morpholine rings is 1. The van der Waals surface area contributed by atoms with E-state index >= 15 is 0 Å². The summed E-state index contributed by atoms with van der Waals surface area (Å²) in [5, 5.41) is 0. The first-order valence-electron chi connectivity index (χ1n) is 8.51. The van der Waals surface area contributed by atoms with Gasteiger partial charge in [0.2, 0.25) is 0 Å². The molecule has 0 saturated carbocycles. The highest BCUT2D eigenvalue weighted by Gasteiger charge is 2.04. The molecule has 1 heterocycles. The van der Waals surface area contributed by atoms with Crippen molar-refractivity contribution < 1.29 is 14.2 Å². The molecular formula is C20H26ClNO3. The third-order valence-corrected chi connectivity index (χ3v) is 4.06. The number of methoxy groups -OCH3 is 1. The topological polar surface area (TPSA) is 30.9 Å². The van der Waals surface area contributed by atoms with E-state index in [9.17, 15) is 0 Å². The lowest BCUT2D eigenvalue weighted by Gasteiger charge is -2.18. The highest BCUT2D eigenvalue weighted by atomic mass is 35.5. The average molecular weight is 364 g/mol. The highest BCUT2D eigenvalue weighted by Crippen LogP contribution is 2.14. The Morgan fingerprint density at radius 1 is 0.960 bits per heavy atom. The second-order valence-electron chi connectivity index (χ2n) is 5.68. The van der Waals surface area contributed by atoms with Crippen LogP contribution in [-0.2, 0) is 22.5 Å². The van der Waals surface area contributed by atoms with Gasteiger partial charge in [-0.25, -0.2) is 4.42 Å². The van der Waals surface area contributed by atoms with Crippen LogP contribution in [0.2, 0.25) is 0 Å². The van der Waals surface area contributed by atoms with Crippen LogP contribution < -0.4 is 4.74 Å². The molecule has 1 aliphatic heterocycles. The molecule has 2 aromatic carbocycles. The van der Waals surface area contributed by atoms with Gasteiger partial charge in [-0.2, -0.15) is 0 Å². The molecular weight excluding hydrogens is 338 g/mol. The summed E-state index contributed by atoms with van der Waals surface area (Å²) in [5.74, 6) is 0.903. The molecule has 5 heteroatoms.